The molecule has 0 bridgehead atoms. The molecule has 9 heteroatoms. The monoisotopic (exact) mass is 569 g/mol. The fourth-order valence-corrected chi connectivity index (χ4v) is 5.55. The van der Waals surface area contributed by atoms with Gasteiger partial charge in [-0.1, -0.05) is 66.6 Å². The van der Waals surface area contributed by atoms with Crippen LogP contribution in [0.1, 0.15) is 38.3 Å². The average Bonchev–Trinajstić information content (AvgIpc) is 2.93. The van der Waals surface area contributed by atoms with E-state index in [0.717, 1.165) is 21.9 Å². The van der Waals surface area contributed by atoms with Crippen molar-refractivity contribution in [3.63, 3.8) is 0 Å². The predicted octanol–water partition coefficient (Wildman–Crippen LogP) is 5.22. The quantitative estimate of drug-likeness (QED) is 0.324. The second-order valence-electron chi connectivity index (χ2n) is 9.62. The molecule has 0 aliphatic rings. The minimum atomic E-state index is -4.11. The van der Waals surface area contributed by atoms with Gasteiger partial charge in [-0.2, -0.15) is 0 Å². The Morgan fingerprint density at radius 3 is 2.13 bits per heavy atom. The van der Waals surface area contributed by atoms with Crippen LogP contribution in [0, 0.1) is 6.92 Å². The van der Waals surface area contributed by atoms with E-state index in [9.17, 15) is 18.0 Å². The minimum absolute atomic E-state index is 0.0569. The predicted molar refractivity (Wildman–Crippen MR) is 156 cm³/mol. The number of benzene rings is 3. The fraction of sp³-hybridized carbons (Fsp3) is 0.333. The van der Waals surface area contributed by atoms with Crippen molar-refractivity contribution in [3.8, 4) is 0 Å². The third-order valence-corrected chi connectivity index (χ3v) is 8.70. The molecular weight excluding hydrogens is 534 g/mol. The Morgan fingerprint density at radius 1 is 0.923 bits per heavy atom. The zero-order valence-electron chi connectivity index (χ0n) is 22.8. The first-order chi connectivity index (χ1) is 18.5. The van der Waals surface area contributed by atoms with Gasteiger partial charge in [-0.3, -0.25) is 13.9 Å². The zero-order valence-corrected chi connectivity index (χ0v) is 24.4. The lowest BCUT2D eigenvalue weighted by Crippen LogP contribution is -2.53. The second-order valence-corrected chi connectivity index (χ2v) is 11.9. The summed E-state index contributed by atoms with van der Waals surface area (Å²) in [7, 11) is -4.11. The lowest BCUT2D eigenvalue weighted by Gasteiger charge is -2.32. The largest absolute Gasteiger partial charge is 0.352 e. The summed E-state index contributed by atoms with van der Waals surface area (Å²) < 4.78 is 28.7. The van der Waals surface area contributed by atoms with E-state index < -0.39 is 28.5 Å². The Labute approximate surface area is 236 Å². The number of rotatable bonds is 12. The second kappa shape index (κ2) is 13.6. The van der Waals surface area contributed by atoms with Gasteiger partial charge in [-0.15, -0.1) is 0 Å². The standard InChI is InChI=1S/C30H36ClN3O4S/c1-5-23(3)32-30(36)24(4)33(20-19-25-9-7-6-8-10-25)29(35)21-34(27-15-13-26(31)14-16-27)39(37,38)28-17-11-22(2)12-18-28/h6-18,23-24H,5,19-21H2,1-4H3,(H,32,36)/t23-,24+/m0/s1. The topological polar surface area (TPSA) is 86.8 Å². The zero-order chi connectivity index (χ0) is 28.6. The summed E-state index contributed by atoms with van der Waals surface area (Å²) >= 11 is 6.06. The molecule has 2 amide bonds. The number of amides is 2. The summed E-state index contributed by atoms with van der Waals surface area (Å²) in [5, 5.41) is 3.38. The van der Waals surface area contributed by atoms with Gasteiger partial charge in [0.1, 0.15) is 12.6 Å². The first-order valence-electron chi connectivity index (χ1n) is 13.0. The molecule has 2 atom stereocenters. The van der Waals surface area contributed by atoms with E-state index in [1.807, 2.05) is 51.1 Å². The molecule has 0 aliphatic carbocycles. The molecule has 0 aromatic heterocycles. The first kappa shape index (κ1) is 30.2. The number of anilines is 1. The van der Waals surface area contributed by atoms with Crippen LogP contribution in [-0.2, 0) is 26.0 Å². The van der Waals surface area contributed by atoms with Crippen molar-refractivity contribution >= 4 is 39.1 Å². The van der Waals surface area contributed by atoms with Crippen LogP contribution in [0.25, 0.3) is 0 Å². The Morgan fingerprint density at radius 2 is 1.54 bits per heavy atom. The van der Waals surface area contributed by atoms with Crippen molar-refractivity contribution in [2.24, 2.45) is 0 Å². The van der Waals surface area contributed by atoms with Crippen LogP contribution in [-0.4, -0.2) is 50.3 Å². The minimum Gasteiger partial charge on any atom is -0.352 e. The van der Waals surface area contributed by atoms with Gasteiger partial charge in [0, 0.05) is 17.6 Å². The maximum absolute atomic E-state index is 13.9. The van der Waals surface area contributed by atoms with E-state index in [1.54, 1.807) is 43.3 Å². The van der Waals surface area contributed by atoms with Gasteiger partial charge in [0.05, 0.1) is 10.6 Å². The van der Waals surface area contributed by atoms with E-state index in [0.29, 0.717) is 17.1 Å². The number of carbonyl (C=O) groups is 2. The SMILES string of the molecule is CC[C@H](C)NC(=O)[C@@H](C)N(CCc1ccccc1)C(=O)CN(c1ccc(Cl)cc1)S(=O)(=O)c1ccc(C)cc1. The molecule has 0 saturated carbocycles. The molecule has 208 valence electrons. The lowest BCUT2D eigenvalue weighted by molar-refractivity contribution is -0.139. The molecular formula is C30H36ClN3O4S. The van der Waals surface area contributed by atoms with Gasteiger partial charge in [0.2, 0.25) is 11.8 Å². The van der Waals surface area contributed by atoms with Crippen LogP contribution in [0.4, 0.5) is 5.69 Å². The molecule has 3 aromatic rings. The molecule has 0 saturated heterocycles. The average molecular weight is 570 g/mol. The van der Waals surface area contributed by atoms with Gasteiger partial charge < -0.3 is 10.2 Å². The fourth-order valence-electron chi connectivity index (χ4n) is 4.01. The van der Waals surface area contributed by atoms with Gasteiger partial charge in [-0.05, 0) is 75.6 Å². The molecule has 3 aromatic carbocycles. The van der Waals surface area contributed by atoms with E-state index in [2.05, 4.69) is 5.32 Å². The summed E-state index contributed by atoms with van der Waals surface area (Å²) in [5.74, 6) is -0.770. The molecule has 3 rings (SSSR count). The molecule has 0 spiro atoms. The Bertz CT molecular complexity index is 1350. The highest BCUT2D eigenvalue weighted by atomic mass is 35.5. The van der Waals surface area contributed by atoms with Gasteiger partial charge in [-0.25, -0.2) is 8.42 Å². The normalized spacial score (nSPS) is 12.8. The number of hydrogen-bond acceptors (Lipinski definition) is 4. The number of halogens is 1. The molecule has 0 unspecified atom stereocenters. The van der Waals surface area contributed by atoms with Gasteiger partial charge in [0.15, 0.2) is 0 Å². The number of aryl methyl sites for hydroxylation is 1. The van der Waals surface area contributed by atoms with E-state index in [-0.39, 0.29) is 23.4 Å². The van der Waals surface area contributed by atoms with Crippen molar-refractivity contribution in [2.45, 2.75) is 57.5 Å². The van der Waals surface area contributed by atoms with Gasteiger partial charge in [0.25, 0.3) is 10.0 Å². The van der Waals surface area contributed by atoms with E-state index in [1.165, 1.54) is 17.0 Å². The highest BCUT2D eigenvalue weighted by Gasteiger charge is 2.32. The maximum atomic E-state index is 13.9. The number of carbonyl (C=O) groups excluding carboxylic acids is 2. The molecule has 0 fully saturated rings. The van der Waals surface area contributed by atoms with Gasteiger partial charge >= 0.3 is 0 Å². The number of nitrogens with zero attached hydrogens (tertiary/aromatic N) is 2. The van der Waals surface area contributed by atoms with Crippen LogP contribution >= 0.6 is 11.6 Å². The lowest BCUT2D eigenvalue weighted by atomic mass is 10.1. The molecule has 1 N–H and O–H groups in total. The Kier molecular flexibility index (Phi) is 10.5. The van der Waals surface area contributed by atoms with Crippen molar-refractivity contribution in [1.82, 2.24) is 10.2 Å². The van der Waals surface area contributed by atoms with Crippen molar-refractivity contribution in [1.29, 1.82) is 0 Å². The number of hydrogen-bond donors (Lipinski definition) is 1. The van der Waals surface area contributed by atoms with E-state index >= 15 is 0 Å². The molecule has 0 radical (unpaired) electrons. The highest BCUT2D eigenvalue weighted by molar-refractivity contribution is 7.92. The third-order valence-electron chi connectivity index (χ3n) is 6.65. The first-order valence-corrected chi connectivity index (χ1v) is 14.8. The maximum Gasteiger partial charge on any atom is 0.264 e. The number of sulfonamides is 1. The van der Waals surface area contributed by atoms with Crippen LogP contribution in [0.2, 0.25) is 5.02 Å². The van der Waals surface area contributed by atoms with Crippen molar-refractivity contribution in [2.75, 3.05) is 17.4 Å². The van der Waals surface area contributed by atoms with Crippen LogP contribution in [0.15, 0.2) is 83.8 Å². The molecule has 0 aliphatic heterocycles. The summed E-state index contributed by atoms with van der Waals surface area (Å²) in [4.78, 5) is 28.4. The van der Waals surface area contributed by atoms with Crippen molar-refractivity contribution < 1.29 is 18.0 Å². The Balaban J connectivity index is 1.96. The summed E-state index contributed by atoms with van der Waals surface area (Å²) in [6, 6.07) is 21.5. The summed E-state index contributed by atoms with van der Waals surface area (Å²) in [5.41, 5.74) is 2.22. The van der Waals surface area contributed by atoms with Crippen LogP contribution < -0.4 is 9.62 Å². The molecule has 39 heavy (non-hydrogen) atoms. The van der Waals surface area contributed by atoms with E-state index in [4.69, 9.17) is 11.6 Å². The Hall–Kier alpha value is -3.36. The molecule has 7 nitrogen and oxygen atoms in total. The summed E-state index contributed by atoms with van der Waals surface area (Å²) in [6.07, 6.45) is 1.26. The highest BCUT2D eigenvalue weighted by Crippen LogP contribution is 2.26. The van der Waals surface area contributed by atoms with Crippen LogP contribution in [0.3, 0.4) is 0 Å². The third kappa shape index (κ3) is 8.07. The van der Waals surface area contributed by atoms with Crippen molar-refractivity contribution in [3.05, 3.63) is 95.0 Å². The summed E-state index contributed by atoms with van der Waals surface area (Å²) in [6.45, 7) is 7.17. The van der Waals surface area contributed by atoms with Crippen LogP contribution in [0.5, 0.6) is 0 Å². The number of nitrogens with one attached hydrogen (secondary N) is 1. The smallest absolute Gasteiger partial charge is 0.264 e. The molecule has 0 heterocycles.